The van der Waals surface area contributed by atoms with Gasteiger partial charge >= 0.3 is 0 Å². The second kappa shape index (κ2) is 6.68. The molecule has 19 heavy (non-hydrogen) atoms. The Kier molecular flexibility index (Phi) is 4.93. The number of ether oxygens (including phenoxy) is 1. The van der Waals surface area contributed by atoms with Gasteiger partial charge in [0.2, 0.25) is 5.95 Å². The Morgan fingerprint density at radius 2 is 2.37 bits per heavy atom. The zero-order chi connectivity index (χ0) is 13.7. The topological polar surface area (TPSA) is 76.3 Å². The van der Waals surface area contributed by atoms with Crippen molar-refractivity contribution in [1.82, 2.24) is 9.97 Å². The molecule has 1 aromatic heterocycles. The number of nitrogens with two attached hydrogens (primary N) is 1. The van der Waals surface area contributed by atoms with E-state index in [1.54, 1.807) is 0 Å². The van der Waals surface area contributed by atoms with Gasteiger partial charge in [-0.2, -0.15) is 4.98 Å². The molecule has 1 atom stereocenters. The third-order valence-corrected chi connectivity index (χ3v) is 3.23. The number of aryl methyl sites for hydroxylation is 1. The van der Waals surface area contributed by atoms with Gasteiger partial charge in [0.1, 0.15) is 5.82 Å². The van der Waals surface area contributed by atoms with Gasteiger partial charge in [-0.1, -0.05) is 6.92 Å². The average molecular weight is 265 g/mol. The molecule has 1 aromatic rings. The second-order valence-electron chi connectivity index (χ2n) is 4.92. The summed E-state index contributed by atoms with van der Waals surface area (Å²) < 4.78 is 5.85. The van der Waals surface area contributed by atoms with Crippen LogP contribution in [0.2, 0.25) is 0 Å². The number of hydrogen-bond acceptors (Lipinski definition) is 6. The molecule has 6 heteroatoms. The Morgan fingerprint density at radius 3 is 3.11 bits per heavy atom. The minimum atomic E-state index is 0.304. The third kappa shape index (κ3) is 3.78. The van der Waals surface area contributed by atoms with E-state index in [1.807, 2.05) is 13.0 Å². The molecule has 0 saturated carbocycles. The number of piperidine rings is 1. The molecule has 2 rings (SSSR count). The van der Waals surface area contributed by atoms with Crippen molar-refractivity contribution in [2.24, 2.45) is 5.84 Å². The van der Waals surface area contributed by atoms with Crippen LogP contribution >= 0.6 is 0 Å². The molecular weight excluding hydrogens is 242 g/mol. The van der Waals surface area contributed by atoms with Crippen LogP contribution in [0, 0.1) is 6.92 Å². The molecule has 0 radical (unpaired) electrons. The molecule has 6 nitrogen and oxygen atoms in total. The third-order valence-electron chi connectivity index (χ3n) is 3.23. The van der Waals surface area contributed by atoms with E-state index in [2.05, 4.69) is 27.2 Å². The molecule has 0 aromatic carbocycles. The fourth-order valence-corrected chi connectivity index (χ4v) is 2.35. The van der Waals surface area contributed by atoms with Gasteiger partial charge in [-0.3, -0.25) is 5.43 Å². The number of nitrogens with zero attached hydrogens (tertiary/aromatic N) is 3. The van der Waals surface area contributed by atoms with Gasteiger partial charge in [0.15, 0.2) is 0 Å². The molecule has 0 aliphatic carbocycles. The van der Waals surface area contributed by atoms with Crippen molar-refractivity contribution >= 4 is 11.8 Å². The molecule has 1 aliphatic heterocycles. The lowest BCUT2D eigenvalue weighted by atomic mass is 10.1. The molecule has 0 spiro atoms. The van der Waals surface area contributed by atoms with Crippen molar-refractivity contribution in [3.8, 4) is 0 Å². The van der Waals surface area contributed by atoms with E-state index < -0.39 is 0 Å². The highest BCUT2D eigenvalue weighted by molar-refractivity contribution is 5.44. The van der Waals surface area contributed by atoms with Crippen LogP contribution < -0.4 is 16.2 Å². The van der Waals surface area contributed by atoms with Crippen molar-refractivity contribution in [2.45, 2.75) is 39.2 Å². The zero-order valence-electron chi connectivity index (χ0n) is 11.7. The summed E-state index contributed by atoms with van der Waals surface area (Å²) in [7, 11) is 0. The van der Waals surface area contributed by atoms with E-state index >= 15 is 0 Å². The maximum atomic E-state index is 5.85. The van der Waals surface area contributed by atoms with Crippen LogP contribution in [0.3, 0.4) is 0 Å². The number of nitrogen functional groups attached to an aromatic ring is 1. The van der Waals surface area contributed by atoms with Crippen molar-refractivity contribution < 1.29 is 4.74 Å². The van der Waals surface area contributed by atoms with Crippen LogP contribution in [0.25, 0.3) is 0 Å². The lowest BCUT2D eigenvalue weighted by Gasteiger charge is -2.33. The quantitative estimate of drug-likeness (QED) is 0.620. The predicted octanol–water partition coefficient (Wildman–Crippen LogP) is 1.47. The van der Waals surface area contributed by atoms with E-state index in [4.69, 9.17) is 10.6 Å². The molecule has 0 amide bonds. The Morgan fingerprint density at radius 1 is 1.53 bits per heavy atom. The van der Waals surface area contributed by atoms with Crippen molar-refractivity contribution in [1.29, 1.82) is 0 Å². The number of aromatic nitrogens is 2. The van der Waals surface area contributed by atoms with Gasteiger partial charge in [-0.05, 0) is 26.2 Å². The molecular formula is C13H23N5O. The van der Waals surface area contributed by atoms with E-state index in [0.29, 0.717) is 12.1 Å². The fraction of sp³-hybridized carbons (Fsp3) is 0.692. The van der Waals surface area contributed by atoms with Gasteiger partial charge in [-0.25, -0.2) is 10.8 Å². The lowest BCUT2D eigenvalue weighted by molar-refractivity contribution is 0.0439. The van der Waals surface area contributed by atoms with Gasteiger partial charge < -0.3 is 9.64 Å². The van der Waals surface area contributed by atoms with E-state index in [1.165, 1.54) is 0 Å². The fourth-order valence-electron chi connectivity index (χ4n) is 2.35. The second-order valence-corrected chi connectivity index (χ2v) is 4.92. The lowest BCUT2D eigenvalue weighted by Crippen LogP contribution is -2.40. The number of hydrazine groups is 1. The van der Waals surface area contributed by atoms with Crippen LogP contribution in [0.4, 0.5) is 11.8 Å². The number of rotatable bonds is 5. The zero-order valence-corrected chi connectivity index (χ0v) is 11.7. The highest BCUT2D eigenvalue weighted by Gasteiger charge is 2.21. The standard InChI is InChI=1S/C13H23N5O/c1-3-7-19-11-5-4-6-18(9-11)12-8-10(2)15-13(16-12)17-14/h8,11H,3-7,9,14H2,1-2H3,(H,15,16,17). The first kappa shape index (κ1) is 14.0. The maximum Gasteiger partial charge on any atom is 0.239 e. The Hall–Kier alpha value is -1.40. The van der Waals surface area contributed by atoms with E-state index in [-0.39, 0.29) is 0 Å². The molecule has 3 N–H and O–H groups in total. The van der Waals surface area contributed by atoms with E-state index in [0.717, 1.165) is 50.5 Å². The van der Waals surface area contributed by atoms with Crippen LogP contribution in [0.1, 0.15) is 31.9 Å². The molecule has 2 heterocycles. The first-order valence-electron chi connectivity index (χ1n) is 6.91. The monoisotopic (exact) mass is 265 g/mol. The summed E-state index contributed by atoms with van der Waals surface area (Å²) in [5.41, 5.74) is 3.42. The van der Waals surface area contributed by atoms with Crippen molar-refractivity contribution in [2.75, 3.05) is 30.0 Å². The van der Waals surface area contributed by atoms with Gasteiger partial charge in [0.25, 0.3) is 0 Å². The minimum absolute atomic E-state index is 0.304. The highest BCUT2D eigenvalue weighted by Crippen LogP contribution is 2.21. The summed E-state index contributed by atoms with van der Waals surface area (Å²) in [6.07, 6.45) is 3.62. The Labute approximate surface area is 114 Å². The van der Waals surface area contributed by atoms with Crippen LogP contribution in [0.15, 0.2) is 6.07 Å². The van der Waals surface area contributed by atoms with Crippen LogP contribution in [-0.2, 0) is 4.74 Å². The highest BCUT2D eigenvalue weighted by atomic mass is 16.5. The number of hydrogen-bond donors (Lipinski definition) is 2. The summed E-state index contributed by atoms with van der Waals surface area (Å²) in [4.78, 5) is 10.9. The largest absolute Gasteiger partial charge is 0.376 e. The Bertz CT molecular complexity index is 412. The number of nitrogens with one attached hydrogen (secondary N) is 1. The summed E-state index contributed by atoms with van der Waals surface area (Å²) >= 11 is 0. The SMILES string of the molecule is CCCOC1CCCN(c2cc(C)nc(NN)n2)C1. The summed E-state index contributed by atoms with van der Waals surface area (Å²) in [5, 5.41) is 0. The molecule has 1 fully saturated rings. The first-order valence-corrected chi connectivity index (χ1v) is 6.91. The molecule has 1 unspecified atom stereocenters. The van der Waals surface area contributed by atoms with Crippen LogP contribution in [-0.4, -0.2) is 35.8 Å². The van der Waals surface area contributed by atoms with Gasteiger partial charge in [-0.15, -0.1) is 0 Å². The molecule has 1 aliphatic rings. The van der Waals surface area contributed by atoms with Gasteiger partial charge in [0.05, 0.1) is 6.10 Å². The number of anilines is 2. The Balaban J connectivity index is 2.06. The van der Waals surface area contributed by atoms with Crippen molar-refractivity contribution in [3.05, 3.63) is 11.8 Å². The normalized spacial score (nSPS) is 19.5. The first-order chi connectivity index (χ1) is 9.22. The maximum absolute atomic E-state index is 5.85. The van der Waals surface area contributed by atoms with Crippen LogP contribution in [0.5, 0.6) is 0 Å². The summed E-state index contributed by atoms with van der Waals surface area (Å²) in [5.74, 6) is 6.78. The van der Waals surface area contributed by atoms with E-state index in [9.17, 15) is 0 Å². The molecule has 106 valence electrons. The minimum Gasteiger partial charge on any atom is -0.376 e. The summed E-state index contributed by atoms with van der Waals surface area (Å²) in [6, 6.07) is 1.99. The van der Waals surface area contributed by atoms with Crippen molar-refractivity contribution in [3.63, 3.8) is 0 Å². The smallest absolute Gasteiger partial charge is 0.239 e. The summed E-state index contributed by atoms with van der Waals surface area (Å²) in [6.45, 7) is 6.80. The molecule has 0 bridgehead atoms. The molecule has 1 saturated heterocycles. The van der Waals surface area contributed by atoms with Gasteiger partial charge in [0, 0.05) is 31.5 Å². The average Bonchev–Trinajstić information content (AvgIpc) is 2.44. The predicted molar refractivity (Wildman–Crippen MR) is 76.1 cm³/mol.